The van der Waals surface area contributed by atoms with Crippen LogP contribution in [0.1, 0.15) is 48.1 Å². The number of quaternary nitrogens is 1. The van der Waals surface area contributed by atoms with Gasteiger partial charge < -0.3 is 11.1 Å². The topological polar surface area (TPSA) is 100 Å². The van der Waals surface area contributed by atoms with Crippen LogP contribution in [0.3, 0.4) is 0 Å². The Labute approximate surface area is 197 Å². The van der Waals surface area contributed by atoms with Crippen molar-refractivity contribution < 1.29 is 28.1 Å². The first-order chi connectivity index (χ1) is 15.3. The highest BCUT2D eigenvalue weighted by atomic mass is 79.9. The Hall–Kier alpha value is -1.94. The molecule has 0 bridgehead atoms. The molecule has 0 heterocycles. The third-order valence-corrected chi connectivity index (χ3v) is 7.47. The summed E-state index contributed by atoms with van der Waals surface area (Å²) in [6, 6.07) is 12.2. The molecule has 6 nitrogen and oxygen atoms in total. The number of halogens is 2. The summed E-state index contributed by atoms with van der Waals surface area (Å²) >= 11 is 0.997. The van der Waals surface area contributed by atoms with Crippen LogP contribution in [0, 0.1) is 11.7 Å². The normalized spacial score (nSPS) is 22.7. The number of amides is 1. The van der Waals surface area contributed by atoms with Crippen LogP contribution in [0.4, 0.5) is 4.39 Å². The van der Waals surface area contributed by atoms with E-state index in [4.69, 9.17) is 4.18 Å². The standard InChI is InChI=1S/C23H26BrFN2O4S/c1-14(15-2-7-18(25)8-3-15)27-23(29)17-6-11-20(26)22(12-17)31-32(30)19-9-4-16(5-10-19)21(28)13-24/h2-5,7-10,14,17,20,22H,6,11-13,26H2,1H3,(H,27,29)/p+2/t14-,17?,20-,22?,32?/m1/s1. The van der Waals surface area contributed by atoms with Crippen molar-refractivity contribution >= 4 is 38.7 Å². The van der Waals surface area contributed by atoms with E-state index >= 15 is 0 Å². The first kappa shape index (κ1) is 24.7. The molecular formula is C23H28BrFN2O4S+2. The summed E-state index contributed by atoms with van der Waals surface area (Å²) in [5, 5.41) is 3.21. The fourth-order valence-corrected chi connectivity index (χ4v) is 5.10. The van der Waals surface area contributed by atoms with Gasteiger partial charge in [0.25, 0.3) is 0 Å². The molecule has 172 valence electrons. The first-order valence-electron chi connectivity index (χ1n) is 10.5. The van der Waals surface area contributed by atoms with Crippen molar-refractivity contribution in [3.8, 4) is 0 Å². The zero-order valence-corrected chi connectivity index (χ0v) is 20.3. The Morgan fingerprint density at radius 1 is 1.19 bits per heavy atom. The maximum Gasteiger partial charge on any atom is 0.238 e. The van der Waals surface area contributed by atoms with Gasteiger partial charge in [-0.1, -0.05) is 32.3 Å². The van der Waals surface area contributed by atoms with Crippen molar-refractivity contribution in [1.29, 1.82) is 0 Å². The number of benzene rings is 2. The molecule has 1 aliphatic carbocycles. The van der Waals surface area contributed by atoms with Crippen LogP contribution >= 0.6 is 15.9 Å². The minimum absolute atomic E-state index is 0.0542. The summed E-state index contributed by atoms with van der Waals surface area (Å²) in [6.45, 7) is 1.85. The highest BCUT2D eigenvalue weighted by Gasteiger charge is 2.38. The van der Waals surface area contributed by atoms with Crippen LogP contribution in [0.5, 0.6) is 0 Å². The molecule has 0 aliphatic heterocycles. The molecule has 2 aromatic carbocycles. The van der Waals surface area contributed by atoms with E-state index in [2.05, 4.69) is 27.0 Å². The Morgan fingerprint density at radius 3 is 2.47 bits per heavy atom. The van der Waals surface area contributed by atoms with Gasteiger partial charge in [0.15, 0.2) is 16.8 Å². The molecule has 0 aromatic heterocycles. The second-order valence-electron chi connectivity index (χ2n) is 8.06. The largest absolute Gasteiger partial charge is 0.353 e. The van der Waals surface area contributed by atoms with Gasteiger partial charge in [-0.05, 0) is 61.7 Å². The van der Waals surface area contributed by atoms with Crippen LogP contribution in [-0.4, -0.2) is 29.2 Å². The van der Waals surface area contributed by atoms with E-state index < -0.39 is 17.2 Å². The number of thiol groups is 1. The molecule has 0 spiro atoms. The number of hydrogen-bond acceptors (Lipinski definition) is 4. The second kappa shape index (κ2) is 11.3. The molecule has 1 saturated carbocycles. The molecule has 32 heavy (non-hydrogen) atoms. The SMILES string of the molecule is C[C@@H](NC(=O)C1CC[C@@H]([NH3+])C(O[SH+](=O)c2ccc(C(=O)CBr)cc2)C1)c1ccc(F)cc1. The Bertz CT molecular complexity index is 971. The van der Waals surface area contributed by atoms with Gasteiger partial charge in [0.1, 0.15) is 11.9 Å². The summed E-state index contributed by atoms with van der Waals surface area (Å²) in [5.41, 5.74) is 5.47. The summed E-state index contributed by atoms with van der Waals surface area (Å²) < 4.78 is 31.7. The number of alkyl halides is 1. The molecule has 1 aliphatic rings. The fraction of sp³-hybridized carbons (Fsp3) is 0.391. The van der Waals surface area contributed by atoms with Crippen molar-refractivity contribution in [2.24, 2.45) is 5.92 Å². The molecule has 0 saturated heterocycles. The number of hydrogen-bond donors (Lipinski definition) is 2. The summed E-state index contributed by atoms with van der Waals surface area (Å²) in [7, 11) is 0. The minimum Gasteiger partial charge on any atom is -0.353 e. The van der Waals surface area contributed by atoms with Crippen LogP contribution in [0.2, 0.25) is 0 Å². The van der Waals surface area contributed by atoms with Gasteiger partial charge in [-0.2, -0.15) is 4.18 Å². The molecule has 3 unspecified atom stereocenters. The summed E-state index contributed by atoms with van der Waals surface area (Å²) in [4.78, 5) is 25.0. The molecule has 0 radical (unpaired) electrons. The number of carbonyl (C=O) groups is 2. The van der Waals surface area contributed by atoms with Crippen LogP contribution in [0.15, 0.2) is 53.4 Å². The lowest BCUT2D eigenvalue weighted by molar-refractivity contribution is -0.441. The van der Waals surface area contributed by atoms with E-state index in [1.807, 2.05) is 6.92 Å². The molecule has 1 fully saturated rings. The number of carbonyl (C=O) groups excluding carboxylic acids is 2. The van der Waals surface area contributed by atoms with Crippen molar-refractivity contribution in [2.45, 2.75) is 49.3 Å². The highest BCUT2D eigenvalue weighted by molar-refractivity contribution is 9.09. The number of nitrogens with one attached hydrogen (secondary N) is 1. The minimum atomic E-state index is -2.14. The van der Waals surface area contributed by atoms with Crippen molar-refractivity contribution in [2.75, 3.05) is 5.33 Å². The molecule has 4 N–H and O–H groups in total. The lowest BCUT2D eigenvalue weighted by atomic mass is 9.83. The van der Waals surface area contributed by atoms with E-state index in [0.29, 0.717) is 29.7 Å². The summed E-state index contributed by atoms with van der Waals surface area (Å²) in [6.07, 6.45) is 1.39. The average Bonchev–Trinajstić information content (AvgIpc) is 2.80. The molecular weight excluding hydrogens is 499 g/mol. The van der Waals surface area contributed by atoms with E-state index in [1.165, 1.54) is 12.1 Å². The fourth-order valence-electron chi connectivity index (χ4n) is 3.76. The van der Waals surface area contributed by atoms with Gasteiger partial charge in [0, 0.05) is 17.9 Å². The smallest absolute Gasteiger partial charge is 0.238 e. The van der Waals surface area contributed by atoms with Gasteiger partial charge in [-0.15, -0.1) is 0 Å². The first-order valence-corrected chi connectivity index (χ1v) is 12.8. The Balaban J connectivity index is 1.59. The number of Topliss-reactive ketones (excluding diaryl/α,β-unsaturated/α-hetero) is 1. The molecule has 5 atom stereocenters. The van der Waals surface area contributed by atoms with E-state index in [1.54, 1.807) is 36.4 Å². The second-order valence-corrected chi connectivity index (χ2v) is 9.86. The van der Waals surface area contributed by atoms with Crippen LogP contribution < -0.4 is 11.1 Å². The lowest BCUT2D eigenvalue weighted by Gasteiger charge is -2.29. The predicted molar refractivity (Wildman–Crippen MR) is 124 cm³/mol. The number of ketones is 1. The van der Waals surface area contributed by atoms with Gasteiger partial charge in [0.05, 0.1) is 11.4 Å². The van der Waals surface area contributed by atoms with Gasteiger partial charge in [-0.25, -0.2) is 4.39 Å². The third-order valence-electron chi connectivity index (χ3n) is 5.78. The lowest BCUT2D eigenvalue weighted by Crippen LogP contribution is -2.68. The van der Waals surface area contributed by atoms with Gasteiger partial charge in [-0.3, -0.25) is 9.59 Å². The average molecular weight is 527 g/mol. The maximum atomic E-state index is 13.1. The molecule has 9 heteroatoms. The number of rotatable bonds is 8. The van der Waals surface area contributed by atoms with Crippen molar-refractivity contribution in [3.05, 3.63) is 65.5 Å². The molecule has 2 aromatic rings. The zero-order valence-electron chi connectivity index (χ0n) is 17.8. The van der Waals surface area contributed by atoms with Crippen LogP contribution in [-0.2, 0) is 24.3 Å². The maximum absolute atomic E-state index is 13.1. The summed E-state index contributed by atoms with van der Waals surface area (Å²) in [5.74, 6) is -0.751. The van der Waals surface area contributed by atoms with Crippen molar-refractivity contribution in [1.82, 2.24) is 5.32 Å². The monoisotopic (exact) mass is 526 g/mol. The molecule has 3 rings (SSSR count). The van der Waals surface area contributed by atoms with Crippen LogP contribution in [0.25, 0.3) is 0 Å². The highest BCUT2D eigenvalue weighted by Crippen LogP contribution is 2.28. The quantitative estimate of drug-likeness (QED) is 0.239. The van der Waals surface area contributed by atoms with E-state index in [-0.39, 0.29) is 40.8 Å². The van der Waals surface area contributed by atoms with Gasteiger partial charge in [0.2, 0.25) is 17.0 Å². The third kappa shape index (κ3) is 6.31. The molecule has 1 amide bonds. The van der Waals surface area contributed by atoms with Gasteiger partial charge >= 0.3 is 0 Å². The Morgan fingerprint density at radius 2 is 1.84 bits per heavy atom. The van der Waals surface area contributed by atoms with E-state index in [0.717, 1.165) is 5.56 Å². The predicted octanol–water partition coefficient (Wildman–Crippen LogP) is 3.05. The Kier molecular flexibility index (Phi) is 8.70. The van der Waals surface area contributed by atoms with E-state index in [9.17, 15) is 18.2 Å². The zero-order chi connectivity index (χ0) is 23.3. The van der Waals surface area contributed by atoms with Crippen molar-refractivity contribution in [3.63, 3.8) is 0 Å².